The van der Waals surface area contributed by atoms with E-state index < -0.39 is 0 Å². The minimum absolute atomic E-state index is 0.706. The Bertz CT molecular complexity index is 647. The molecule has 0 saturated heterocycles. The Morgan fingerprint density at radius 2 is 2.19 bits per heavy atom. The number of para-hydroxylation sites is 1. The highest BCUT2D eigenvalue weighted by Gasteiger charge is 2.23. The molecule has 1 fully saturated rings. The van der Waals surface area contributed by atoms with E-state index in [2.05, 4.69) is 32.0 Å². The molecule has 2 heterocycles. The van der Waals surface area contributed by atoms with E-state index in [9.17, 15) is 0 Å². The number of anilines is 1. The molecule has 21 heavy (non-hydrogen) atoms. The highest BCUT2D eigenvalue weighted by Crippen LogP contribution is 2.33. The number of hydrogen-bond donors (Lipinski definition) is 1. The second-order valence-electron chi connectivity index (χ2n) is 5.86. The molecule has 4 rings (SSSR count). The van der Waals surface area contributed by atoms with Crippen LogP contribution >= 0.6 is 11.6 Å². The van der Waals surface area contributed by atoms with Crippen molar-refractivity contribution in [1.82, 2.24) is 14.9 Å². The molecule has 1 aromatic heterocycles. The van der Waals surface area contributed by atoms with E-state index >= 15 is 0 Å². The lowest BCUT2D eigenvalue weighted by molar-refractivity contribution is 0.557. The van der Waals surface area contributed by atoms with Gasteiger partial charge in [-0.3, -0.25) is 0 Å². The first kappa shape index (κ1) is 13.2. The molecule has 0 radical (unpaired) electrons. The molecular formula is C16H19ClN4. The van der Waals surface area contributed by atoms with Gasteiger partial charge < -0.3 is 14.8 Å². The van der Waals surface area contributed by atoms with Gasteiger partial charge in [-0.2, -0.15) is 0 Å². The molecule has 0 atom stereocenters. The molecule has 0 amide bonds. The SMILES string of the molecule is Clc1cccc(CNC2CC2)c1N1CCn2ccnc2C1. The van der Waals surface area contributed by atoms with Crippen LogP contribution in [-0.2, 0) is 19.6 Å². The average molecular weight is 303 g/mol. The van der Waals surface area contributed by atoms with Crippen molar-refractivity contribution in [2.45, 2.75) is 38.5 Å². The summed E-state index contributed by atoms with van der Waals surface area (Å²) in [7, 11) is 0. The smallest absolute Gasteiger partial charge is 0.128 e. The van der Waals surface area contributed by atoms with E-state index in [1.807, 2.05) is 18.3 Å². The summed E-state index contributed by atoms with van der Waals surface area (Å²) in [6.45, 7) is 3.66. The molecule has 0 spiro atoms. The van der Waals surface area contributed by atoms with E-state index in [4.69, 9.17) is 11.6 Å². The molecule has 1 N–H and O–H groups in total. The maximum Gasteiger partial charge on any atom is 0.128 e. The minimum atomic E-state index is 0.706. The molecule has 1 aromatic carbocycles. The maximum atomic E-state index is 6.50. The van der Waals surface area contributed by atoms with Gasteiger partial charge in [-0.15, -0.1) is 0 Å². The number of halogens is 1. The molecule has 4 nitrogen and oxygen atoms in total. The van der Waals surface area contributed by atoms with Gasteiger partial charge in [0.2, 0.25) is 0 Å². The quantitative estimate of drug-likeness (QED) is 0.943. The Labute approximate surface area is 129 Å². The summed E-state index contributed by atoms with van der Waals surface area (Å²) in [6.07, 6.45) is 6.53. The number of rotatable bonds is 4. The fraction of sp³-hybridized carbons (Fsp3) is 0.438. The summed E-state index contributed by atoms with van der Waals surface area (Å²) in [5, 5.41) is 4.43. The second kappa shape index (κ2) is 5.35. The first-order valence-electron chi connectivity index (χ1n) is 7.57. The van der Waals surface area contributed by atoms with Crippen LogP contribution in [-0.4, -0.2) is 22.1 Å². The number of benzene rings is 1. The maximum absolute atomic E-state index is 6.50. The standard InChI is InChI=1S/C16H19ClN4/c17-14-3-1-2-12(10-19-13-4-5-13)16(14)21-9-8-20-7-6-18-15(20)11-21/h1-3,6-7,13,19H,4-5,8-11H2. The van der Waals surface area contributed by atoms with Gasteiger partial charge >= 0.3 is 0 Å². The van der Waals surface area contributed by atoms with Crippen molar-refractivity contribution in [1.29, 1.82) is 0 Å². The Hall–Kier alpha value is -1.52. The van der Waals surface area contributed by atoms with E-state index in [0.717, 1.165) is 37.0 Å². The third kappa shape index (κ3) is 2.65. The number of aromatic nitrogens is 2. The van der Waals surface area contributed by atoms with Crippen LogP contribution in [0.2, 0.25) is 5.02 Å². The van der Waals surface area contributed by atoms with E-state index in [0.29, 0.717) is 6.04 Å². The van der Waals surface area contributed by atoms with Crippen LogP contribution in [0.3, 0.4) is 0 Å². The largest absolute Gasteiger partial charge is 0.361 e. The Kier molecular flexibility index (Phi) is 3.36. The summed E-state index contributed by atoms with van der Waals surface area (Å²) < 4.78 is 2.22. The summed E-state index contributed by atoms with van der Waals surface area (Å²) in [5.41, 5.74) is 2.45. The first-order chi connectivity index (χ1) is 10.3. The molecule has 0 unspecified atom stereocenters. The fourth-order valence-corrected chi connectivity index (χ4v) is 3.28. The average Bonchev–Trinajstić information content (AvgIpc) is 3.20. The second-order valence-corrected chi connectivity index (χ2v) is 6.27. The molecule has 2 aromatic rings. The number of imidazole rings is 1. The van der Waals surface area contributed by atoms with Gasteiger partial charge in [0.15, 0.2) is 0 Å². The van der Waals surface area contributed by atoms with Crippen LogP contribution in [0.1, 0.15) is 24.2 Å². The van der Waals surface area contributed by atoms with Gasteiger partial charge in [0.25, 0.3) is 0 Å². The van der Waals surface area contributed by atoms with Crippen molar-refractivity contribution in [3.8, 4) is 0 Å². The fourth-order valence-electron chi connectivity index (χ4n) is 2.96. The lowest BCUT2D eigenvalue weighted by Crippen LogP contribution is -2.34. The molecule has 1 saturated carbocycles. The molecule has 110 valence electrons. The van der Waals surface area contributed by atoms with Crippen LogP contribution in [0, 0.1) is 0 Å². The van der Waals surface area contributed by atoms with Crippen LogP contribution in [0.5, 0.6) is 0 Å². The van der Waals surface area contributed by atoms with Crippen molar-refractivity contribution in [3.05, 3.63) is 47.0 Å². The van der Waals surface area contributed by atoms with Crippen molar-refractivity contribution < 1.29 is 0 Å². The summed E-state index contributed by atoms with van der Waals surface area (Å²) in [6, 6.07) is 6.91. The number of hydrogen-bond acceptors (Lipinski definition) is 3. The minimum Gasteiger partial charge on any atom is -0.361 e. The highest BCUT2D eigenvalue weighted by molar-refractivity contribution is 6.33. The van der Waals surface area contributed by atoms with E-state index in [-0.39, 0.29) is 0 Å². The lowest BCUT2D eigenvalue weighted by atomic mass is 10.1. The summed E-state index contributed by atoms with van der Waals surface area (Å²) in [5.74, 6) is 1.11. The molecule has 2 aliphatic rings. The number of nitrogens with one attached hydrogen (secondary N) is 1. The van der Waals surface area contributed by atoms with Gasteiger partial charge in [0, 0.05) is 38.1 Å². The van der Waals surface area contributed by atoms with E-state index in [1.165, 1.54) is 24.1 Å². The molecule has 5 heteroatoms. The Morgan fingerprint density at radius 1 is 1.29 bits per heavy atom. The summed E-state index contributed by atoms with van der Waals surface area (Å²) >= 11 is 6.50. The monoisotopic (exact) mass is 302 g/mol. The van der Waals surface area contributed by atoms with Gasteiger partial charge in [0.1, 0.15) is 5.82 Å². The highest BCUT2D eigenvalue weighted by atomic mass is 35.5. The zero-order valence-electron chi connectivity index (χ0n) is 11.9. The third-order valence-corrected chi connectivity index (χ3v) is 4.59. The van der Waals surface area contributed by atoms with Crippen LogP contribution in [0.4, 0.5) is 5.69 Å². The van der Waals surface area contributed by atoms with Crippen molar-refractivity contribution in [2.24, 2.45) is 0 Å². The van der Waals surface area contributed by atoms with Crippen LogP contribution in [0.15, 0.2) is 30.6 Å². The predicted molar refractivity (Wildman–Crippen MR) is 84.6 cm³/mol. The lowest BCUT2D eigenvalue weighted by Gasteiger charge is -2.32. The van der Waals surface area contributed by atoms with Crippen molar-refractivity contribution in [3.63, 3.8) is 0 Å². The molecule has 1 aliphatic carbocycles. The normalized spacial score (nSPS) is 17.9. The third-order valence-electron chi connectivity index (χ3n) is 4.29. The van der Waals surface area contributed by atoms with Crippen LogP contribution < -0.4 is 10.2 Å². The predicted octanol–water partition coefficient (Wildman–Crippen LogP) is 2.81. The van der Waals surface area contributed by atoms with Gasteiger partial charge in [-0.1, -0.05) is 23.7 Å². The Balaban J connectivity index is 1.61. The molecule has 1 aliphatic heterocycles. The number of fused-ring (bicyclic) bond motifs is 1. The summed E-state index contributed by atoms with van der Waals surface area (Å²) in [4.78, 5) is 6.79. The van der Waals surface area contributed by atoms with E-state index in [1.54, 1.807) is 0 Å². The van der Waals surface area contributed by atoms with Gasteiger partial charge in [-0.05, 0) is 24.5 Å². The zero-order valence-corrected chi connectivity index (χ0v) is 12.7. The van der Waals surface area contributed by atoms with Crippen LogP contribution in [0.25, 0.3) is 0 Å². The first-order valence-corrected chi connectivity index (χ1v) is 7.95. The van der Waals surface area contributed by atoms with Crippen molar-refractivity contribution in [2.75, 3.05) is 11.4 Å². The Morgan fingerprint density at radius 3 is 3.05 bits per heavy atom. The molecule has 0 bridgehead atoms. The number of nitrogens with zero attached hydrogens (tertiary/aromatic N) is 3. The van der Waals surface area contributed by atoms with Crippen molar-refractivity contribution >= 4 is 17.3 Å². The van der Waals surface area contributed by atoms with Gasteiger partial charge in [0.05, 0.1) is 17.3 Å². The zero-order chi connectivity index (χ0) is 14.2. The molecular weight excluding hydrogens is 284 g/mol. The topological polar surface area (TPSA) is 33.1 Å². The van der Waals surface area contributed by atoms with Gasteiger partial charge in [-0.25, -0.2) is 4.98 Å².